The van der Waals surface area contributed by atoms with Crippen molar-refractivity contribution in [2.24, 2.45) is 11.6 Å². The van der Waals surface area contributed by atoms with E-state index < -0.39 is 0 Å². The van der Waals surface area contributed by atoms with Crippen molar-refractivity contribution in [2.45, 2.75) is 69.4 Å². The minimum atomic E-state index is -0.144. The summed E-state index contributed by atoms with van der Waals surface area (Å²) in [5.41, 5.74) is 13.8. The predicted molar refractivity (Wildman–Crippen MR) is 138 cm³/mol. The van der Waals surface area contributed by atoms with Gasteiger partial charge in [0.2, 0.25) is 0 Å². The van der Waals surface area contributed by atoms with E-state index in [9.17, 15) is 0 Å². The molecule has 2 fully saturated rings. The Morgan fingerprint density at radius 3 is 2.65 bits per heavy atom. The summed E-state index contributed by atoms with van der Waals surface area (Å²) >= 11 is 0. The molecule has 0 radical (unpaired) electrons. The number of allylic oxidation sites excluding steroid dienone is 2. The molecule has 1 saturated heterocycles. The molecule has 6 N–H and O–H groups in total. The van der Waals surface area contributed by atoms with Crippen molar-refractivity contribution in [1.82, 2.24) is 15.6 Å². The van der Waals surface area contributed by atoms with Crippen LogP contribution in [0, 0.1) is 5.82 Å². The highest BCUT2D eigenvalue weighted by Gasteiger charge is 2.30. The van der Waals surface area contributed by atoms with Crippen LogP contribution >= 0.6 is 0 Å². The maximum absolute atomic E-state index is 15.1. The van der Waals surface area contributed by atoms with Crippen LogP contribution in [0.5, 0.6) is 0 Å². The van der Waals surface area contributed by atoms with Crippen molar-refractivity contribution < 1.29 is 4.39 Å². The number of likely N-dealkylation sites (tertiary alicyclic amines) is 1. The van der Waals surface area contributed by atoms with Crippen LogP contribution in [0.15, 0.2) is 78.4 Å². The maximum Gasteiger partial charge on any atom is 0.127 e. The van der Waals surface area contributed by atoms with Gasteiger partial charge in [0.05, 0.1) is 12.1 Å². The van der Waals surface area contributed by atoms with Gasteiger partial charge < -0.3 is 21.4 Å². The van der Waals surface area contributed by atoms with Crippen molar-refractivity contribution in [3.8, 4) is 0 Å². The molecule has 2 unspecified atom stereocenters. The van der Waals surface area contributed by atoms with Crippen LogP contribution in [0.4, 0.5) is 4.39 Å². The largest absolute Gasteiger partial charge is 0.403 e. The molecule has 0 aromatic heterocycles. The number of hydrazine groups is 1. The zero-order valence-corrected chi connectivity index (χ0v) is 20.0. The molecular formula is C28H38FN5. The van der Waals surface area contributed by atoms with Gasteiger partial charge in [0.25, 0.3) is 0 Å². The van der Waals surface area contributed by atoms with Crippen molar-refractivity contribution in [3.63, 3.8) is 0 Å². The van der Waals surface area contributed by atoms with Crippen molar-refractivity contribution >= 4 is 0 Å². The SMILES string of the molecule is C=C(NC(C1=CCCC=C1)c1ccc(C2CCC2)c(F)c1)C1CCCN1C(=C)C/C(=C/N)NN. The number of nitrogens with two attached hydrogens (primary N) is 2. The summed E-state index contributed by atoms with van der Waals surface area (Å²) in [6, 6.07) is 5.76. The lowest BCUT2D eigenvalue weighted by Crippen LogP contribution is -2.37. The van der Waals surface area contributed by atoms with E-state index >= 15 is 4.39 Å². The molecular weight excluding hydrogens is 425 g/mol. The Morgan fingerprint density at radius 1 is 1.21 bits per heavy atom. The Morgan fingerprint density at radius 2 is 2.03 bits per heavy atom. The first-order chi connectivity index (χ1) is 16.5. The third-order valence-electron chi connectivity index (χ3n) is 7.43. The highest BCUT2D eigenvalue weighted by atomic mass is 19.1. The first-order valence-corrected chi connectivity index (χ1v) is 12.4. The van der Waals surface area contributed by atoms with E-state index in [1.54, 1.807) is 6.07 Å². The summed E-state index contributed by atoms with van der Waals surface area (Å²) in [4.78, 5) is 2.28. The Kier molecular flexibility index (Phi) is 7.78. The van der Waals surface area contributed by atoms with Gasteiger partial charge in [-0.3, -0.25) is 5.84 Å². The van der Waals surface area contributed by atoms with E-state index in [1.807, 2.05) is 6.07 Å². The molecule has 1 aromatic rings. The molecule has 2 aliphatic carbocycles. The third-order valence-corrected chi connectivity index (χ3v) is 7.43. The average molecular weight is 464 g/mol. The number of rotatable bonds is 10. The van der Waals surface area contributed by atoms with E-state index in [0.717, 1.165) is 78.9 Å². The zero-order valence-electron chi connectivity index (χ0n) is 20.0. The molecule has 0 bridgehead atoms. The highest BCUT2D eigenvalue weighted by Crippen LogP contribution is 2.39. The molecule has 1 aliphatic heterocycles. The monoisotopic (exact) mass is 463 g/mol. The molecule has 182 valence electrons. The highest BCUT2D eigenvalue weighted by molar-refractivity contribution is 5.40. The first kappa shape index (κ1) is 24.1. The van der Waals surface area contributed by atoms with Gasteiger partial charge in [0.1, 0.15) is 5.82 Å². The summed E-state index contributed by atoms with van der Waals surface area (Å²) in [5.74, 6) is 5.84. The fraction of sp³-hybridized carbons (Fsp3) is 0.429. The van der Waals surface area contributed by atoms with Crippen LogP contribution in [-0.4, -0.2) is 17.5 Å². The second kappa shape index (κ2) is 11.0. The molecule has 5 nitrogen and oxygen atoms in total. The van der Waals surface area contributed by atoms with Gasteiger partial charge in [0.15, 0.2) is 0 Å². The van der Waals surface area contributed by atoms with Gasteiger partial charge in [-0.05, 0) is 67.2 Å². The molecule has 0 amide bonds. The van der Waals surface area contributed by atoms with Crippen molar-refractivity contribution in [3.05, 3.63) is 95.4 Å². The van der Waals surface area contributed by atoms with Crippen LogP contribution in [-0.2, 0) is 0 Å². The molecule has 4 rings (SSSR count). The van der Waals surface area contributed by atoms with Crippen molar-refractivity contribution in [1.29, 1.82) is 0 Å². The number of nitrogens with one attached hydrogen (secondary N) is 2. The lowest BCUT2D eigenvalue weighted by atomic mass is 9.79. The normalized spacial score (nSPS) is 21.6. The summed E-state index contributed by atoms with van der Waals surface area (Å²) in [7, 11) is 0. The Bertz CT molecular complexity index is 1000. The molecule has 0 spiro atoms. The molecule has 1 saturated carbocycles. The van der Waals surface area contributed by atoms with E-state index in [-0.39, 0.29) is 17.9 Å². The quantitative estimate of drug-likeness (QED) is 0.285. The number of nitrogens with zero attached hydrogens (tertiary/aromatic N) is 1. The van der Waals surface area contributed by atoms with Gasteiger partial charge >= 0.3 is 0 Å². The molecule has 1 heterocycles. The second-order valence-electron chi connectivity index (χ2n) is 9.63. The molecule has 1 aromatic carbocycles. The average Bonchev–Trinajstić information content (AvgIpc) is 3.32. The van der Waals surface area contributed by atoms with Crippen LogP contribution in [0.1, 0.15) is 74.5 Å². The van der Waals surface area contributed by atoms with Gasteiger partial charge in [0, 0.05) is 36.3 Å². The van der Waals surface area contributed by atoms with Crippen LogP contribution in [0.25, 0.3) is 0 Å². The molecule has 3 aliphatic rings. The van der Waals surface area contributed by atoms with Gasteiger partial charge in [-0.15, -0.1) is 0 Å². The standard InChI is InChI=1S/C28H38FN5/c1-19(16-24(18-30)33-31)34-15-7-12-27(34)20(2)32-28(22-8-4-3-5-9-22)23-13-14-25(26(29)17-23)21-10-6-11-21/h4,8-9,13-14,17-18,21,27-28,32-33H,1-3,5-7,10-12,15-16,30-31H2/b24-18-. The van der Waals surface area contributed by atoms with Crippen LogP contribution < -0.4 is 22.3 Å². The fourth-order valence-electron chi connectivity index (χ4n) is 5.25. The number of hydrogen-bond acceptors (Lipinski definition) is 5. The minimum absolute atomic E-state index is 0.0914. The fourth-order valence-corrected chi connectivity index (χ4v) is 5.25. The smallest absolute Gasteiger partial charge is 0.127 e. The number of halogens is 1. The Hall–Kier alpha value is -2.99. The van der Waals surface area contributed by atoms with E-state index in [0.29, 0.717) is 12.3 Å². The summed E-state index contributed by atoms with van der Waals surface area (Å²) in [6.07, 6.45) is 16.1. The molecule has 6 heteroatoms. The molecule has 34 heavy (non-hydrogen) atoms. The Labute approximate surface area is 203 Å². The van der Waals surface area contributed by atoms with Crippen molar-refractivity contribution in [2.75, 3.05) is 6.54 Å². The van der Waals surface area contributed by atoms with E-state index in [2.05, 4.69) is 53.1 Å². The predicted octanol–water partition coefficient (Wildman–Crippen LogP) is 5.15. The first-order valence-electron chi connectivity index (χ1n) is 12.4. The summed E-state index contributed by atoms with van der Waals surface area (Å²) in [5, 5.41) is 3.67. The molecule has 2 atom stereocenters. The second-order valence-corrected chi connectivity index (χ2v) is 9.63. The number of benzene rings is 1. The maximum atomic E-state index is 15.1. The Balaban J connectivity index is 1.54. The lowest BCUT2D eigenvalue weighted by molar-refractivity contribution is 0.333. The zero-order chi connectivity index (χ0) is 24.1. The third kappa shape index (κ3) is 5.22. The van der Waals surface area contributed by atoms with Crippen LogP contribution in [0.3, 0.4) is 0 Å². The summed E-state index contributed by atoms with van der Waals surface area (Å²) in [6.45, 7) is 9.60. The summed E-state index contributed by atoms with van der Waals surface area (Å²) < 4.78 is 15.1. The lowest BCUT2D eigenvalue weighted by Gasteiger charge is -2.34. The van der Waals surface area contributed by atoms with Crippen LogP contribution in [0.2, 0.25) is 0 Å². The van der Waals surface area contributed by atoms with Gasteiger partial charge in [-0.25, -0.2) is 4.39 Å². The van der Waals surface area contributed by atoms with E-state index in [4.69, 9.17) is 11.6 Å². The number of hydrogen-bond donors (Lipinski definition) is 4. The van der Waals surface area contributed by atoms with Gasteiger partial charge in [-0.1, -0.05) is 49.9 Å². The van der Waals surface area contributed by atoms with Gasteiger partial charge in [-0.2, -0.15) is 0 Å². The topological polar surface area (TPSA) is 79.3 Å². The van der Waals surface area contributed by atoms with E-state index in [1.165, 1.54) is 12.6 Å². The minimum Gasteiger partial charge on any atom is -0.403 e.